The minimum atomic E-state index is -0.270. The van der Waals surface area contributed by atoms with Gasteiger partial charge in [0.1, 0.15) is 5.69 Å². The molecule has 80 valence electrons. The molecular formula is C10H11ClN2O2. The number of halogens is 1. The van der Waals surface area contributed by atoms with Crippen molar-refractivity contribution < 1.29 is 9.90 Å². The van der Waals surface area contributed by atoms with E-state index in [0.717, 1.165) is 0 Å². The minimum absolute atomic E-state index is 0.0741. The highest BCUT2D eigenvalue weighted by atomic mass is 35.5. The molecule has 2 N–H and O–H groups in total. The summed E-state index contributed by atoms with van der Waals surface area (Å²) in [4.78, 5) is 15.5. The number of aromatic nitrogens is 1. The molecule has 0 spiro atoms. The Kier molecular flexibility index (Phi) is 2.88. The molecule has 0 radical (unpaired) electrons. The number of nitrogens with zero attached hydrogens (tertiary/aromatic N) is 1. The topological polar surface area (TPSA) is 62.2 Å². The van der Waals surface area contributed by atoms with Crippen LogP contribution in [0.2, 0.25) is 5.02 Å². The Labute approximate surface area is 92.3 Å². The summed E-state index contributed by atoms with van der Waals surface area (Å²) < 4.78 is 0. The van der Waals surface area contributed by atoms with Crippen LogP contribution >= 0.6 is 11.6 Å². The average Bonchev–Trinajstić information content (AvgIpc) is 2.16. The molecule has 0 atom stereocenters. The third kappa shape index (κ3) is 2.46. The lowest BCUT2D eigenvalue weighted by Crippen LogP contribution is -2.46. The highest BCUT2D eigenvalue weighted by Gasteiger charge is 2.28. The highest BCUT2D eigenvalue weighted by molar-refractivity contribution is 6.30. The van der Waals surface area contributed by atoms with Gasteiger partial charge in [-0.25, -0.2) is 4.98 Å². The van der Waals surface area contributed by atoms with E-state index in [4.69, 9.17) is 16.7 Å². The normalized spacial score (nSPS) is 24.4. The molecule has 1 aliphatic carbocycles. The average molecular weight is 227 g/mol. The third-order valence-electron chi connectivity index (χ3n) is 2.41. The molecule has 0 saturated heterocycles. The van der Waals surface area contributed by atoms with E-state index in [0.29, 0.717) is 23.6 Å². The van der Waals surface area contributed by atoms with Crippen LogP contribution < -0.4 is 5.32 Å². The van der Waals surface area contributed by atoms with Crippen LogP contribution in [0.3, 0.4) is 0 Å². The van der Waals surface area contributed by atoms with E-state index in [1.807, 2.05) is 0 Å². The van der Waals surface area contributed by atoms with Gasteiger partial charge in [-0.1, -0.05) is 11.6 Å². The summed E-state index contributed by atoms with van der Waals surface area (Å²) in [5, 5.41) is 12.3. The van der Waals surface area contributed by atoms with Crippen molar-refractivity contribution in [3.8, 4) is 0 Å². The first kappa shape index (κ1) is 10.4. The van der Waals surface area contributed by atoms with Gasteiger partial charge in [0.05, 0.1) is 11.1 Å². The number of aliphatic hydroxyl groups is 1. The lowest BCUT2D eigenvalue weighted by Gasteiger charge is -2.31. The Morgan fingerprint density at radius 2 is 2.27 bits per heavy atom. The molecule has 0 aromatic carbocycles. The maximum atomic E-state index is 11.6. The van der Waals surface area contributed by atoms with E-state index in [-0.39, 0.29) is 18.1 Å². The van der Waals surface area contributed by atoms with Gasteiger partial charge < -0.3 is 10.4 Å². The first-order chi connectivity index (χ1) is 7.15. The number of hydrogen-bond donors (Lipinski definition) is 2. The number of hydrogen-bond acceptors (Lipinski definition) is 3. The van der Waals surface area contributed by atoms with Crippen molar-refractivity contribution in [1.82, 2.24) is 10.3 Å². The molecular weight excluding hydrogens is 216 g/mol. The molecule has 1 aromatic rings. The predicted molar refractivity (Wildman–Crippen MR) is 55.7 cm³/mol. The molecule has 1 heterocycles. The van der Waals surface area contributed by atoms with E-state index in [9.17, 15) is 4.79 Å². The van der Waals surface area contributed by atoms with Crippen LogP contribution in [-0.2, 0) is 0 Å². The van der Waals surface area contributed by atoms with Crippen molar-refractivity contribution in [3.05, 3.63) is 29.0 Å². The van der Waals surface area contributed by atoms with Gasteiger partial charge in [0.2, 0.25) is 0 Å². The number of amides is 1. The first-order valence-corrected chi connectivity index (χ1v) is 5.13. The maximum Gasteiger partial charge on any atom is 0.270 e. The van der Waals surface area contributed by atoms with Crippen LogP contribution in [0.15, 0.2) is 18.3 Å². The molecule has 1 fully saturated rings. The van der Waals surface area contributed by atoms with E-state index in [1.165, 1.54) is 6.20 Å². The number of nitrogens with one attached hydrogen (secondary N) is 1. The zero-order chi connectivity index (χ0) is 10.8. The Morgan fingerprint density at radius 3 is 2.80 bits per heavy atom. The van der Waals surface area contributed by atoms with E-state index in [1.54, 1.807) is 12.1 Å². The van der Waals surface area contributed by atoms with Gasteiger partial charge in [-0.2, -0.15) is 0 Å². The van der Waals surface area contributed by atoms with E-state index in [2.05, 4.69) is 10.3 Å². The Morgan fingerprint density at radius 1 is 1.53 bits per heavy atom. The molecule has 4 nitrogen and oxygen atoms in total. The number of pyridine rings is 1. The fourth-order valence-electron chi connectivity index (χ4n) is 1.48. The Hall–Kier alpha value is -1.13. The fourth-order valence-corrected chi connectivity index (χ4v) is 1.59. The molecule has 0 aliphatic heterocycles. The van der Waals surface area contributed by atoms with Crippen molar-refractivity contribution in [2.75, 3.05) is 0 Å². The lowest BCUT2D eigenvalue weighted by atomic mass is 9.89. The van der Waals surface area contributed by atoms with Crippen molar-refractivity contribution in [1.29, 1.82) is 0 Å². The molecule has 5 heteroatoms. The van der Waals surface area contributed by atoms with Crippen molar-refractivity contribution in [3.63, 3.8) is 0 Å². The van der Waals surface area contributed by atoms with Crippen LogP contribution in [-0.4, -0.2) is 28.1 Å². The first-order valence-electron chi connectivity index (χ1n) is 4.75. The second kappa shape index (κ2) is 4.16. The molecule has 1 amide bonds. The zero-order valence-electron chi connectivity index (χ0n) is 7.98. The SMILES string of the molecule is O=C(NC1CC(O)C1)c1ccc(Cl)cn1. The van der Waals surface area contributed by atoms with Gasteiger partial charge in [0, 0.05) is 12.2 Å². The second-order valence-corrected chi connectivity index (χ2v) is 4.09. The standard InChI is InChI=1S/C10H11ClN2O2/c11-6-1-2-9(12-5-6)10(15)13-7-3-8(14)4-7/h1-2,5,7-8,14H,3-4H2,(H,13,15). The van der Waals surface area contributed by atoms with Crippen molar-refractivity contribution in [2.45, 2.75) is 25.0 Å². The summed E-state index contributed by atoms with van der Waals surface area (Å²) in [5.41, 5.74) is 0.348. The van der Waals surface area contributed by atoms with E-state index < -0.39 is 0 Å². The quantitative estimate of drug-likeness (QED) is 0.791. The van der Waals surface area contributed by atoms with Crippen LogP contribution in [0.5, 0.6) is 0 Å². The lowest BCUT2D eigenvalue weighted by molar-refractivity contribution is 0.0560. The molecule has 1 aliphatic rings. The minimum Gasteiger partial charge on any atom is -0.393 e. The molecule has 0 unspecified atom stereocenters. The number of carbonyl (C=O) groups excluding carboxylic acids is 1. The molecule has 15 heavy (non-hydrogen) atoms. The Balaban J connectivity index is 1.93. The summed E-state index contributed by atoms with van der Waals surface area (Å²) in [7, 11) is 0. The summed E-state index contributed by atoms with van der Waals surface area (Å²) >= 11 is 5.65. The summed E-state index contributed by atoms with van der Waals surface area (Å²) in [6.45, 7) is 0. The van der Waals surface area contributed by atoms with Crippen LogP contribution in [0, 0.1) is 0 Å². The number of aliphatic hydroxyl groups excluding tert-OH is 1. The highest BCUT2D eigenvalue weighted by Crippen LogP contribution is 2.19. The molecule has 1 aromatic heterocycles. The van der Waals surface area contributed by atoms with Crippen LogP contribution in [0.25, 0.3) is 0 Å². The molecule has 1 saturated carbocycles. The second-order valence-electron chi connectivity index (χ2n) is 3.66. The van der Waals surface area contributed by atoms with Gasteiger partial charge in [-0.05, 0) is 25.0 Å². The maximum absolute atomic E-state index is 11.6. The predicted octanol–water partition coefficient (Wildman–Crippen LogP) is 0.988. The third-order valence-corrected chi connectivity index (χ3v) is 2.63. The molecule has 0 bridgehead atoms. The fraction of sp³-hybridized carbons (Fsp3) is 0.400. The van der Waals surface area contributed by atoms with Crippen LogP contribution in [0.4, 0.5) is 0 Å². The van der Waals surface area contributed by atoms with Gasteiger partial charge in [-0.3, -0.25) is 4.79 Å². The summed E-state index contributed by atoms with van der Waals surface area (Å²) in [6, 6.07) is 3.27. The van der Waals surface area contributed by atoms with Gasteiger partial charge >= 0.3 is 0 Å². The number of rotatable bonds is 2. The van der Waals surface area contributed by atoms with Crippen LogP contribution in [0.1, 0.15) is 23.3 Å². The zero-order valence-corrected chi connectivity index (χ0v) is 8.74. The monoisotopic (exact) mass is 226 g/mol. The van der Waals surface area contributed by atoms with Gasteiger partial charge in [0.15, 0.2) is 0 Å². The summed E-state index contributed by atoms with van der Waals surface area (Å²) in [5.74, 6) is -0.219. The molecule has 2 rings (SSSR count). The van der Waals surface area contributed by atoms with Crippen molar-refractivity contribution in [2.24, 2.45) is 0 Å². The van der Waals surface area contributed by atoms with E-state index >= 15 is 0 Å². The largest absolute Gasteiger partial charge is 0.393 e. The Bertz CT molecular complexity index is 360. The van der Waals surface area contributed by atoms with Crippen molar-refractivity contribution >= 4 is 17.5 Å². The smallest absolute Gasteiger partial charge is 0.270 e. The van der Waals surface area contributed by atoms with Gasteiger partial charge in [0.25, 0.3) is 5.91 Å². The van der Waals surface area contributed by atoms with Gasteiger partial charge in [-0.15, -0.1) is 0 Å². The summed E-state index contributed by atoms with van der Waals surface area (Å²) in [6.07, 6.45) is 2.42. The number of carbonyl (C=O) groups is 1.